The molecule has 0 radical (unpaired) electrons. The normalized spacial score (nSPS) is 14.4. The fourth-order valence-corrected chi connectivity index (χ4v) is 3.40. The summed E-state index contributed by atoms with van der Waals surface area (Å²) in [5.74, 6) is 0.801. The molecule has 110 valence electrons. The lowest BCUT2D eigenvalue weighted by atomic mass is 9.98. The maximum absolute atomic E-state index is 10.6. The molecule has 2 N–H and O–H groups in total. The van der Waals surface area contributed by atoms with Gasteiger partial charge in [0.15, 0.2) is 0 Å². The van der Waals surface area contributed by atoms with Gasteiger partial charge in [-0.05, 0) is 45.6 Å². The Morgan fingerprint density at radius 3 is 2.95 bits per heavy atom. The smallest absolute Gasteiger partial charge is 0.133 e. The minimum absolute atomic E-state index is 0.508. The summed E-state index contributed by atoms with van der Waals surface area (Å²) in [5.41, 5.74) is 4.46. The van der Waals surface area contributed by atoms with Gasteiger partial charge >= 0.3 is 0 Å². The molecule has 0 amide bonds. The van der Waals surface area contributed by atoms with Crippen molar-refractivity contribution in [2.24, 2.45) is 0 Å². The molecule has 2 aromatic rings. The van der Waals surface area contributed by atoms with Crippen molar-refractivity contribution in [1.29, 1.82) is 0 Å². The molecule has 1 heterocycles. The van der Waals surface area contributed by atoms with Crippen LogP contribution in [0.4, 0.5) is 5.69 Å². The summed E-state index contributed by atoms with van der Waals surface area (Å²) in [4.78, 5) is 0. The molecule has 0 saturated carbocycles. The van der Waals surface area contributed by atoms with Gasteiger partial charge in [0.25, 0.3) is 0 Å². The number of rotatable bonds is 4. The zero-order chi connectivity index (χ0) is 14.8. The second-order valence-corrected chi connectivity index (χ2v) is 6.10. The molecule has 1 aliphatic rings. The topological polar surface area (TPSA) is 41.5 Å². The van der Waals surface area contributed by atoms with E-state index in [4.69, 9.17) is 4.74 Å². The number of para-hydroxylation sites is 1. The van der Waals surface area contributed by atoms with Gasteiger partial charge in [-0.3, -0.25) is 0 Å². The SMILES string of the molecule is COc1ccc(CC(O)c2cccc3c2NCC3)cc1Br. The number of hydrogen-bond acceptors (Lipinski definition) is 3. The lowest BCUT2D eigenvalue weighted by Crippen LogP contribution is -2.05. The quantitative estimate of drug-likeness (QED) is 0.885. The predicted molar refractivity (Wildman–Crippen MR) is 88.0 cm³/mol. The van der Waals surface area contributed by atoms with Gasteiger partial charge < -0.3 is 15.2 Å². The van der Waals surface area contributed by atoms with Crippen LogP contribution in [0, 0.1) is 0 Å². The van der Waals surface area contributed by atoms with E-state index >= 15 is 0 Å². The number of aliphatic hydroxyl groups excluding tert-OH is 1. The van der Waals surface area contributed by atoms with Crippen molar-refractivity contribution in [3.8, 4) is 5.75 Å². The van der Waals surface area contributed by atoms with Gasteiger partial charge in [0.1, 0.15) is 5.75 Å². The van der Waals surface area contributed by atoms with Crippen molar-refractivity contribution in [1.82, 2.24) is 0 Å². The van der Waals surface area contributed by atoms with Gasteiger partial charge in [-0.1, -0.05) is 24.3 Å². The first-order valence-electron chi connectivity index (χ1n) is 7.05. The average molecular weight is 348 g/mol. The van der Waals surface area contributed by atoms with Gasteiger partial charge in [-0.15, -0.1) is 0 Å². The first kappa shape index (κ1) is 14.4. The highest BCUT2D eigenvalue weighted by atomic mass is 79.9. The Hall–Kier alpha value is -1.52. The molecule has 0 spiro atoms. The highest BCUT2D eigenvalue weighted by molar-refractivity contribution is 9.10. The molecule has 4 heteroatoms. The molecule has 1 aliphatic heterocycles. The lowest BCUT2D eigenvalue weighted by molar-refractivity contribution is 0.179. The van der Waals surface area contributed by atoms with E-state index in [0.717, 1.165) is 40.0 Å². The predicted octanol–water partition coefficient (Wildman–Crippen LogP) is 3.70. The van der Waals surface area contributed by atoms with E-state index in [1.165, 1.54) is 5.56 Å². The summed E-state index contributed by atoms with van der Waals surface area (Å²) in [5, 5.41) is 13.9. The number of fused-ring (bicyclic) bond motifs is 1. The number of hydrogen-bond donors (Lipinski definition) is 2. The Morgan fingerprint density at radius 1 is 1.33 bits per heavy atom. The molecular weight excluding hydrogens is 330 g/mol. The first-order chi connectivity index (χ1) is 10.2. The maximum Gasteiger partial charge on any atom is 0.133 e. The monoisotopic (exact) mass is 347 g/mol. The van der Waals surface area contributed by atoms with Crippen molar-refractivity contribution >= 4 is 21.6 Å². The van der Waals surface area contributed by atoms with Crippen molar-refractivity contribution < 1.29 is 9.84 Å². The van der Waals surface area contributed by atoms with Crippen molar-refractivity contribution in [2.75, 3.05) is 19.0 Å². The van der Waals surface area contributed by atoms with Crippen LogP contribution in [-0.4, -0.2) is 18.8 Å². The van der Waals surface area contributed by atoms with Crippen molar-refractivity contribution in [3.05, 3.63) is 57.6 Å². The van der Waals surface area contributed by atoms with E-state index in [2.05, 4.69) is 27.3 Å². The van der Waals surface area contributed by atoms with Crippen LogP contribution in [0.15, 0.2) is 40.9 Å². The second kappa shape index (κ2) is 6.08. The summed E-state index contributed by atoms with van der Waals surface area (Å²) in [6, 6.07) is 12.0. The second-order valence-electron chi connectivity index (χ2n) is 5.25. The Morgan fingerprint density at radius 2 is 2.19 bits per heavy atom. The molecule has 1 atom stereocenters. The molecule has 0 fully saturated rings. The standard InChI is InChI=1S/C17H18BrNO2/c1-21-16-6-5-11(9-14(16)18)10-15(20)13-4-2-3-12-7-8-19-17(12)13/h2-6,9,15,19-20H,7-8,10H2,1H3. The van der Waals surface area contributed by atoms with Crippen LogP contribution in [0.2, 0.25) is 0 Å². The van der Waals surface area contributed by atoms with Crippen LogP contribution < -0.4 is 10.1 Å². The molecular formula is C17H18BrNO2. The fourth-order valence-electron chi connectivity index (χ4n) is 2.81. The minimum atomic E-state index is -0.508. The van der Waals surface area contributed by atoms with E-state index in [0.29, 0.717) is 6.42 Å². The summed E-state index contributed by atoms with van der Waals surface area (Å²) < 4.78 is 6.14. The number of ether oxygens (including phenoxy) is 1. The summed E-state index contributed by atoms with van der Waals surface area (Å²) in [6.45, 7) is 0.952. The van der Waals surface area contributed by atoms with Crippen LogP contribution in [0.1, 0.15) is 22.8 Å². The number of halogens is 1. The molecule has 3 nitrogen and oxygen atoms in total. The Kier molecular flexibility index (Phi) is 4.17. The maximum atomic E-state index is 10.6. The van der Waals surface area contributed by atoms with Crippen LogP contribution >= 0.6 is 15.9 Å². The first-order valence-corrected chi connectivity index (χ1v) is 7.84. The molecule has 0 aromatic heterocycles. The summed E-state index contributed by atoms with van der Waals surface area (Å²) in [7, 11) is 1.65. The molecule has 21 heavy (non-hydrogen) atoms. The number of nitrogens with one attached hydrogen (secondary N) is 1. The van der Waals surface area contributed by atoms with Crippen LogP contribution in [0.25, 0.3) is 0 Å². The molecule has 0 aliphatic carbocycles. The number of methoxy groups -OCH3 is 1. The molecule has 3 rings (SSSR count). The number of benzene rings is 2. The van der Waals surface area contributed by atoms with Gasteiger partial charge in [-0.2, -0.15) is 0 Å². The van der Waals surface area contributed by atoms with E-state index in [-0.39, 0.29) is 0 Å². The third-order valence-electron chi connectivity index (χ3n) is 3.88. The fraction of sp³-hybridized carbons (Fsp3) is 0.294. The highest BCUT2D eigenvalue weighted by Crippen LogP contribution is 2.33. The van der Waals surface area contributed by atoms with Crippen LogP contribution in [-0.2, 0) is 12.8 Å². The van der Waals surface area contributed by atoms with E-state index in [1.54, 1.807) is 7.11 Å². The van der Waals surface area contributed by atoms with Gasteiger partial charge in [-0.25, -0.2) is 0 Å². The van der Waals surface area contributed by atoms with Crippen molar-refractivity contribution in [2.45, 2.75) is 18.9 Å². The third kappa shape index (κ3) is 2.92. The van der Waals surface area contributed by atoms with Crippen molar-refractivity contribution in [3.63, 3.8) is 0 Å². The van der Waals surface area contributed by atoms with Gasteiger partial charge in [0.05, 0.1) is 17.7 Å². The zero-order valence-electron chi connectivity index (χ0n) is 11.9. The number of aliphatic hydroxyl groups is 1. The Bertz CT molecular complexity index is 657. The summed E-state index contributed by atoms with van der Waals surface area (Å²) in [6.07, 6.45) is 1.11. The van der Waals surface area contributed by atoms with Crippen LogP contribution in [0.5, 0.6) is 5.75 Å². The molecule has 2 aromatic carbocycles. The van der Waals surface area contributed by atoms with E-state index < -0.39 is 6.10 Å². The largest absolute Gasteiger partial charge is 0.496 e. The number of anilines is 1. The van der Waals surface area contributed by atoms with E-state index in [9.17, 15) is 5.11 Å². The summed E-state index contributed by atoms with van der Waals surface area (Å²) >= 11 is 3.48. The molecule has 0 bridgehead atoms. The van der Waals surface area contributed by atoms with E-state index in [1.807, 2.05) is 30.3 Å². The average Bonchev–Trinajstić information content (AvgIpc) is 2.95. The van der Waals surface area contributed by atoms with Gasteiger partial charge in [0, 0.05) is 24.2 Å². The highest BCUT2D eigenvalue weighted by Gasteiger charge is 2.19. The zero-order valence-corrected chi connectivity index (χ0v) is 13.5. The van der Waals surface area contributed by atoms with Crippen LogP contribution in [0.3, 0.4) is 0 Å². The lowest BCUT2D eigenvalue weighted by Gasteiger charge is -2.16. The van der Waals surface area contributed by atoms with Gasteiger partial charge in [0.2, 0.25) is 0 Å². The Labute approximate surface area is 133 Å². The third-order valence-corrected chi connectivity index (χ3v) is 4.50. The Balaban J connectivity index is 1.82. The molecule has 0 saturated heterocycles. The molecule has 1 unspecified atom stereocenters. The minimum Gasteiger partial charge on any atom is -0.496 e.